The second-order valence-electron chi connectivity index (χ2n) is 6.38. The monoisotopic (exact) mass is 278 g/mol. The summed E-state index contributed by atoms with van der Waals surface area (Å²) in [6.45, 7) is 2.99. The highest BCUT2D eigenvalue weighted by molar-refractivity contribution is 5.30. The number of fused-ring (bicyclic) bond motifs is 2. The molecule has 2 atom stereocenters. The number of aromatic nitrogens is 2. The van der Waals surface area contributed by atoms with Crippen molar-refractivity contribution in [3.63, 3.8) is 0 Å². The molecule has 3 heterocycles. The van der Waals surface area contributed by atoms with Crippen LogP contribution in [0.15, 0.2) is 0 Å². The molecule has 0 saturated carbocycles. The summed E-state index contributed by atoms with van der Waals surface area (Å²) in [5.41, 5.74) is 2.30. The molecule has 0 amide bonds. The maximum Gasteiger partial charge on any atom is 0.216 e. The van der Waals surface area contributed by atoms with Crippen molar-refractivity contribution in [2.24, 2.45) is 7.05 Å². The molecule has 20 heavy (non-hydrogen) atoms. The van der Waals surface area contributed by atoms with E-state index in [4.69, 9.17) is 4.74 Å². The molecule has 2 unspecified atom stereocenters. The molecule has 5 nitrogen and oxygen atoms in total. The third-order valence-corrected chi connectivity index (χ3v) is 4.96. The molecule has 0 aromatic carbocycles. The molecule has 0 spiro atoms. The lowest BCUT2D eigenvalue weighted by Crippen LogP contribution is -2.46. The van der Waals surface area contributed by atoms with Crippen molar-refractivity contribution in [2.45, 2.75) is 57.3 Å². The van der Waals surface area contributed by atoms with Crippen molar-refractivity contribution in [1.29, 1.82) is 0 Å². The third-order valence-electron chi connectivity index (χ3n) is 4.96. The number of nitrogens with zero attached hydrogens (tertiary/aromatic N) is 3. The van der Waals surface area contributed by atoms with Gasteiger partial charge in [-0.15, -0.1) is 0 Å². The molecule has 2 fully saturated rings. The molecular weight excluding hydrogens is 252 g/mol. The second kappa shape index (κ2) is 5.37. The van der Waals surface area contributed by atoms with Gasteiger partial charge in [0.2, 0.25) is 5.88 Å². The number of piperidine rings is 1. The molecule has 2 aliphatic rings. The van der Waals surface area contributed by atoms with Crippen molar-refractivity contribution in [3.05, 3.63) is 11.3 Å². The number of hydrogen-bond donors (Lipinski definition) is 1. The van der Waals surface area contributed by atoms with Crippen molar-refractivity contribution < 1.29 is 4.74 Å². The largest absolute Gasteiger partial charge is 0.481 e. The zero-order valence-corrected chi connectivity index (χ0v) is 13.0. The average molecular weight is 278 g/mol. The van der Waals surface area contributed by atoms with Crippen LogP contribution in [0.2, 0.25) is 0 Å². The van der Waals surface area contributed by atoms with E-state index in [0.29, 0.717) is 6.04 Å². The summed E-state index contributed by atoms with van der Waals surface area (Å²) in [7, 11) is 5.91. The summed E-state index contributed by atoms with van der Waals surface area (Å²) in [5, 5.41) is 8.18. The van der Waals surface area contributed by atoms with E-state index in [1.807, 2.05) is 11.7 Å². The normalized spacial score (nSPS) is 29.1. The third kappa shape index (κ3) is 2.44. The van der Waals surface area contributed by atoms with Crippen LogP contribution in [0.1, 0.15) is 36.9 Å². The average Bonchev–Trinajstić information content (AvgIpc) is 2.89. The van der Waals surface area contributed by atoms with Gasteiger partial charge in [0.25, 0.3) is 0 Å². The topological polar surface area (TPSA) is 42.3 Å². The molecule has 2 bridgehead atoms. The highest BCUT2D eigenvalue weighted by Gasteiger charge is 2.35. The first-order valence-electron chi connectivity index (χ1n) is 7.61. The van der Waals surface area contributed by atoms with E-state index in [9.17, 15) is 0 Å². The molecule has 5 heteroatoms. The first-order chi connectivity index (χ1) is 9.58. The molecule has 0 aliphatic carbocycles. The lowest BCUT2D eigenvalue weighted by Gasteiger charge is -2.35. The zero-order valence-electron chi connectivity index (χ0n) is 13.0. The highest BCUT2D eigenvalue weighted by Crippen LogP contribution is 2.31. The fourth-order valence-electron chi connectivity index (χ4n) is 3.88. The Balaban J connectivity index is 1.71. The van der Waals surface area contributed by atoms with Crippen molar-refractivity contribution >= 4 is 0 Å². The predicted octanol–water partition coefficient (Wildman–Crippen LogP) is 1.45. The van der Waals surface area contributed by atoms with Gasteiger partial charge in [-0.3, -0.25) is 4.90 Å². The number of aryl methyl sites for hydroxylation is 2. The van der Waals surface area contributed by atoms with E-state index >= 15 is 0 Å². The first-order valence-corrected chi connectivity index (χ1v) is 7.61. The maximum absolute atomic E-state index is 5.50. The Morgan fingerprint density at radius 2 is 2.00 bits per heavy atom. The number of hydrogen-bond acceptors (Lipinski definition) is 4. The van der Waals surface area contributed by atoms with Gasteiger partial charge in [0.05, 0.1) is 18.4 Å². The summed E-state index contributed by atoms with van der Waals surface area (Å²) in [6, 6.07) is 2.15. The minimum Gasteiger partial charge on any atom is -0.481 e. The minimum atomic E-state index is 0.679. The van der Waals surface area contributed by atoms with Gasteiger partial charge in [0, 0.05) is 31.7 Å². The van der Waals surface area contributed by atoms with E-state index in [-0.39, 0.29) is 0 Å². The standard InChI is InChI=1S/C15H26N4O/c1-10-14(15(20-4)19(3)17-10)9-18(2)13-7-11-5-6-12(8-13)16-11/h11-13,16H,5-9H2,1-4H3. The second-order valence-corrected chi connectivity index (χ2v) is 6.38. The van der Waals surface area contributed by atoms with E-state index < -0.39 is 0 Å². The van der Waals surface area contributed by atoms with Crippen LogP contribution >= 0.6 is 0 Å². The summed E-state index contributed by atoms with van der Waals surface area (Å²) in [4.78, 5) is 2.48. The van der Waals surface area contributed by atoms with Crippen LogP contribution in [0, 0.1) is 6.92 Å². The van der Waals surface area contributed by atoms with E-state index in [0.717, 1.165) is 30.2 Å². The van der Waals surface area contributed by atoms with Gasteiger partial charge in [-0.1, -0.05) is 0 Å². The highest BCUT2D eigenvalue weighted by atomic mass is 16.5. The molecule has 2 saturated heterocycles. The van der Waals surface area contributed by atoms with Gasteiger partial charge >= 0.3 is 0 Å². The van der Waals surface area contributed by atoms with Crippen molar-refractivity contribution in [1.82, 2.24) is 20.0 Å². The molecular formula is C15H26N4O. The molecule has 2 aliphatic heterocycles. The van der Waals surface area contributed by atoms with Gasteiger partial charge in [-0.05, 0) is 39.7 Å². The quantitative estimate of drug-likeness (QED) is 0.905. The molecule has 1 aromatic rings. The molecule has 0 radical (unpaired) electrons. The number of ether oxygens (including phenoxy) is 1. The van der Waals surface area contributed by atoms with Crippen LogP contribution < -0.4 is 10.1 Å². The molecule has 1 aromatic heterocycles. The minimum absolute atomic E-state index is 0.679. The van der Waals surface area contributed by atoms with Crippen molar-refractivity contribution in [2.75, 3.05) is 14.2 Å². The summed E-state index contributed by atoms with van der Waals surface area (Å²) in [6.07, 6.45) is 5.25. The van der Waals surface area contributed by atoms with Gasteiger partial charge in [-0.2, -0.15) is 5.10 Å². The Kier molecular flexibility index (Phi) is 3.73. The van der Waals surface area contributed by atoms with Crippen LogP contribution in [0.4, 0.5) is 0 Å². The van der Waals surface area contributed by atoms with Crippen LogP contribution in [0.5, 0.6) is 5.88 Å². The zero-order chi connectivity index (χ0) is 14.3. The summed E-state index contributed by atoms with van der Waals surface area (Å²) >= 11 is 0. The maximum atomic E-state index is 5.50. The van der Waals surface area contributed by atoms with Crippen molar-refractivity contribution in [3.8, 4) is 5.88 Å². The van der Waals surface area contributed by atoms with Crippen LogP contribution in [-0.4, -0.2) is 47.0 Å². The Bertz CT molecular complexity index is 472. The van der Waals surface area contributed by atoms with Crippen LogP contribution in [0.25, 0.3) is 0 Å². The van der Waals surface area contributed by atoms with Crippen LogP contribution in [-0.2, 0) is 13.6 Å². The van der Waals surface area contributed by atoms with Gasteiger partial charge < -0.3 is 10.1 Å². The summed E-state index contributed by atoms with van der Waals surface area (Å²) in [5.74, 6) is 0.895. The smallest absolute Gasteiger partial charge is 0.216 e. The van der Waals surface area contributed by atoms with E-state index in [1.165, 1.54) is 31.2 Å². The Morgan fingerprint density at radius 1 is 1.35 bits per heavy atom. The number of nitrogens with one attached hydrogen (secondary N) is 1. The van der Waals surface area contributed by atoms with Gasteiger partial charge in [0.1, 0.15) is 0 Å². The first kappa shape index (κ1) is 13.9. The number of methoxy groups -OCH3 is 1. The fraction of sp³-hybridized carbons (Fsp3) is 0.800. The molecule has 112 valence electrons. The predicted molar refractivity (Wildman–Crippen MR) is 78.9 cm³/mol. The Hall–Kier alpha value is -1.07. The van der Waals surface area contributed by atoms with E-state index in [2.05, 4.69) is 29.3 Å². The Morgan fingerprint density at radius 3 is 2.60 bits per heavy atom. The molecule has 3 rings (SSSR count). The number of rotatable bonds is 4. The van der Waals surface area contributed by atoms with Gasteiger partial charge in [-0.25, -0.2) is 4.68 Å². The summed E-state index contributed by atoms with van der Waals surface area (Å²) < 4.78 is 7.34. The Labute approximate surface area is 121 Å². The molecule has 1 N–H and O–H groups in total. The van der Waals surface area contributed by atoms with Crippen LogP contribution in [0.3, 0.4) is 0 Å². The lowest BCUT2D eigenvalue weighted by molar-refractivity contribution is 0.164. The lowest BCUT2D eigenvalue weighted by atomic mass is 9.98. The van der Waals surface area contributed by atoms with Gasteiger partial charge in [0.15, 0.2) is 0 Å². The fourth-order valence-corrected chi connectivity index (χ4v) is 3.88. The SMILES string of the molecule is COc1c(CN(C)C2CC3CCC(C2)N3)c(C)nn1C. The van der Waals surface area contributed by atoms with E-state index in [1.54, 1.807) is 7.11 Å².